The van der Waals surface area contributed by atoms with E-state index in [2.05, 4.69) is 6.92 Å². The summed E-state index contributed by atoms with van der Waals surface area (Å²) in [4.78, 5) is 0. The van der Waals surface area contributed by atoms with E-state index in [-0.39, 0.29) is 6.10 Å². The van der Waals surface area contributed by atoms with Gasteiger partial charge in [-0.2, -0.15) is 0 Å². The Morgan fingerprint density at radius 3 is 2.30 bits per heavy atom. The van der Waals surface area contributed by atoms with Crippen LogP contribution in [0.5, 0.6) is 0 Å². The molecule has 0 aromatic rings. The predicted molar refractivity (Wildman–Crippen MR) is 45.1 cm³/mol. The lowest BCUT2D eigenvalue weighted by atomic mass is 10.1. The second kappa shape index (κ2) is 7.07. The van der Waals surface area contributed by atoms with Gasteiger partial charge in [-0.25, -0.2) is 0 Å². The molecule has 0 rings (SSSR count). The smallest absolute Gasteiger partial charge is 0.0537 e. The number of rotatable bonds is 6. The molecule has 0 radical (unpaired) electrons. The highest BCUT2D eigenvalue weighted by molar-refractivity contribution is 4.51. The van der Waals surface area contributed by atoms with Crippen LogP contribution in [0.25, 0.3) is 0 Å². The normalized spacial score (nSPS) is 13.5. The van der Waals surface area contributed by atoms with Gasteiger partial charge in [0.15, 0.2) is 0 Å². The molecule has 0 aromatic heterocycles. The van der Waals surface area contributed by atoms with Crippen LogP contribution in [0, 0.1) is 0 Å². The molecule has 1 heteroatoms. The summed E-state index contributed by atoms with van der Waals surface area (Å²) in [6, 6.07) is 0. The van der Waals surface area contributed by atoms with Crippen LogP contribution in [-0.2, 0) is 0 Å². The molecule has 0 fully saturated rings. The lowest BCUT2D eigenvalue weighted by Crippen LogP contribution is -2.03. The Morgan fingerprint density at radius 1 is 1.10 bits per heavy atom. The first kappa shape index (κ1) is 9.96. The highest BCUT2D eigenvalue weighted by Crippen LogP contribution is 2.06. The topological polar surface area (TPSA) is 20.2 Å². The fourth-order valence-electron chi connectivity index (χ4n) is 1.01. The van der Waals surface area contributed by atoms with E-state index in [1.807, 2.05) is 6.92 Å². The maximum atomic E-state index is 9.16. The minimum Gasteiger partial charge on any atom is -0.393 e. The van der Waals surface area contributed by atoms with Crippen LogP contribution in [0.15, 0.2) is 0 Å². The first-order valence-electron chi connectivity index (χ1n) is 4.49. The molecular formula is C9H20O. The molecular weight excluding hydrogens is 124 g/mol. The molecule has 62 valence electrons. The van der Waals surface area contributed by atoms with Gasteiger partial charge in [0.1, 0.15) is 0 Å². The molecule has 0 aliphatic rings. The fourth-order valence-corrected chi connectivity index (χ4v) is 1.01. The molecule has 0 aliphatic heterocycles. The summed E-state index contributed by atoms with van der Waals surface area (Å²) in [5.74, 6) is 0. The quantitative estimate of drug-likeness (QED) is 0.568. The summed E-state index contributed by atoms with van der Waals surface area (Å²) in [5, 5.41) is 9.16. The monoisotopic (exact) mass is 144 g/mol. The Morgan fingerprint density at radius 2 is 1.80 bits per heavy atom. The summed E-state index contributed by atoms with van der Waals surface area (Å²) in [6.45, 7) is 4.24. The maximum absolute atomic E-state index is 9.16. The standard InChI is InChI=1S/C9H20O/c1-3-5-6-7-8-9(10)4-2/h9-10H,3-8H2,1-2H3/t9-/m0/s1. The van der Waals surface area contributed by atoms with Crippen molar-refractivity contribution in [3.63, 3.8) is 0 Å². The average Bonchev–Trinajstić information content (AvgIpc) is 1.98. The summed E-state index contributed by atoms with van der Waals surface area (Å²) in [6.07, 6.45) is 6.94. The van der Waals surface area contributed by atoms with E-state index in [9.17, 15) is 0 Å². The number of hydrogen-bond donors (Lipinski definition) is 1. The second-order valence-corrected chi connectivity index (χ2v) is 2.91. The lowest BCUT2D eigenvalue weighted by molar-refractivity contribution is 0.156. The van der Waals surface area contributed by atoms with Crippen molar-refractivity contribution in [3.8, 4) is 0 Å². The Hall–Kier alpha value is -0.0400. The lowest BCUT2D eigenvalue weighted by Gasteiger charge is -2.05. The predicted octanol–water partition coefficient (Wildman–Crippen LogP) is 2.73. The van der Waals surface area contributed by atoms with Crippen molar-refractivity contribution in [2.75, 3.05) is 0 Å². The van der Waals surface area contributed by atoms with Gasteiger partial charge >= 0.3 is 0 Å². The molecule has 0 unspecified atom stereocenters. The molecule has 1 N–H and O–H groups in total. The Balaban J connectivity index is 2.89. The average molecular weight is 144 g/mol. The van der Waals surface area contributed by atoms with E-state index >= 15 is 0 Å². The molecule has 0 saturated heterocycles. The molecule has 0 aliphatic carbocycles. The molecule has 0 amide bonds. The number of unbranched alkanes of at least 4 members (excludes halogenated alkanes) is 3. The van der Waals surface area contributed by atoms with E-state index in [0.29, 0.717) is 0 Å². The van der Waals surface area contributed by atoms with Crippen LogP contribution in [0.1, 0.15) is 52.4 Å². The van der Waals surface area contributed by atoms with E-state index in [0.717, 1.165) is 12.8 Å². The Bertz CT molecular complexity index is 61.7. The molecule has 10 heavy (non-hydrogen) atoms. The van der Waals surface area contributed by atoms with Gasteiger partial charge in [0, 0.05) is 0 Å². The fraction of sp³-hybridized carbons (Fsp3) is 1.00. The van der Waals surface area contributed by atoms with E-state index < -0.39 is 0 Å². The van der Waals surface area contributed by atoms with Gasteiger partial charge < -0.3 is 5.11 Å². The van der Waals surface area contributed by atoms with E-state index in [1.54, 1.807) is 0 Å². The minimum absolute atomic E-state index is 0.0446. The van der Waals surface area contributed by atoms with E-state index in [1.165, 1.54) is 25.7 Å². The van der Waals surface area contributed by atoms with Crippen LogP contribution in [0.2, 0.25) is 0 Å². The van der Waals surface area contributed by atoms with Gasteiger partial charge in [-0.15, -0.1) is 0 Å². The van der Waals surface area contributed by atoms with E-state index in [4.69, 9.17) is 5.11 Å². The molecule has 0 bridgehead atoms. The van der Waals surface area contributed by atoms with Crippen LogP contribution in [0.3, 0.4) is 0 Å². The van der Waals surface area contributed by atoms with Gasteiger partial charge in [-0.3, -0.25) is 0 Å². The highest BCUT2D eigenvalue weighted by atomic mass is 16.3. The molecule has 0 saturated carbocycles. The third-order valence-corrected chi connectivity index (χ3v) is 1.86. The van der Waals surface area contributed by atoms with Crippen LogP contribution >= 0.6 is 0 Å². The number of hydrogen-bond acceptors (Lipinski definition) is 1. The SMILES string of the molecule is CCCCCC[C@@H](O)CC. The zero-order valence-corrected chi connectivity index (χ0v) is 7.27. The first-order valence-corrected chi connectivity index (χ1v) is 4.49. The van der Waals surface area contributed by atoms with Crippen molar-refractivity contribution < 1.29 is 5.11 Å². The first-order chi connectivity index (χ1) is 4.81. The largest absolute Gasteiger partial charge is 0.393 e. The zero-order valence-electron chi connectivity index (χ0n) is 7.27. The van der Waals surface area contributed by atoms with Gasteiger partial charge in [0.25, 0.3) is 0 Å². The van der Waals surface area contributed by atoms with Crippen molar-refractivity contribution >= 4 is 0 Å². The highest BCUT2D eigenvalue weighted by Gasteiger charge is 1.98. The summed E-state index contributed by atoms with van der Waals surface area (Å²) < 4.78 is 0. The minimum atomic E-state index is -0.0446. The van der Waals surface area contributed by atoms with Gasteiger partial charge in [0.2, 0.25) is 0 Å². The summed E-state index contributed by atoms with van der Waals surface area (Å²) >= 11 is 0. The summed E-state index contributed by atoms with van der Waals surface area (Å²) in [5.41, 5.74) is 0. The van der Waals surface area contributed by atoms with Crippen molar-refractivity contribution in [1.29, 1.82) is 0 Å². The van der Waals surface area contributed by atoms with Gasteiger partial charge in [-0.05, 0) is 12.8 Å². The number of aliphatic hydroxyl groups excluding tert-OH is 1. The van der Waals surface area contributed by atoms with Crippen LogP contribution in [0.4, 0.5) is 0 Å². The third kappa shape index (κ3) is 6.09. The van der Waals surface area contributed by atoms with Crippen LogP contribution < -0.4 is 0 Å². The third-order valence-electron chi connectivity index (χ3n) is 1.86. The molecule has 0 heterocycles. The van der Waals surface area contributed by atoms with Crippen molar-refractivity contribution in [2.45, 2.75) is 58.5 Å². The Labute approximate surface area is 64.5 Å². The molecule has 0 aromatic carbocycles. The maximum Gasteiger partial charge on any atom is 0.0537 e. The van der Waals surface area contributed by atoms with Crippen molar-refractivity contribution in [1.82, 2.24) is 0 Å². The van der Waals surface area contributed by atoms with Crippen LogP contribution in [-0.4, -0.2) is 11.2 Å². The molecule has 1 atom stereocenters. The molecule has 0 spiro atoms. The number of aliphatic hydroxyl groups is 1. The van der Waals surface area contributed by atoms with Crippen molar-refractivity contribution in [2.24, 2.45) is 0 Å². The molecule has 1 nitrogen and oxygen atoms in total. The zero-order chi connectivity index (χ0) is 7.82. The second-order valence-electron chi connectivity index (χ2n) is 2.91. The van der Waals surface area contributed by atoms with Crippen molar-refractivity contribution in [3.05, 3.63) is 0 Å². The van der Waals surface area contributed by atoms with Gasteiger partial charge in [-0.1, -0.05) is 39.5 Å². The van der Waals surface area contributed by atoms with Gasteiger partial charge in [0.05, 0.1) is 6.10 Å². The Kier molecular flexibility index (Phi) is 7.04. The summed E-state index contributed by atoms with van der Waals surface area (Å²) in [7, 11) is 0.